The van der Waals surface area contributed by atoms with E-state index in [2.05, 4.69) is 45.6 Å². The third kappa shape index (κ3) is 2.15. The molecule has 0 spiro atoms. The minimum atomic E-state index is -2.25. The SMILES string of the molecule is [2H]C([2H])([2H])c1ccc2c3c(oc2n1)C=CB(c1cc(C)cc[n+]1C)N3C. The Bertz CT molecular complexity index is 1040. The van der Waals surface area contributed by atoms with Crippen LogP contribution in [-0.2, 0) is 7.05 Å². The number of furan rings is 1. The lowest BCUT2D eigenvalue weighted by Crippen LogP contribution is -2.60. The molecule has 0 saturated heterocycles. The molecule has 0 atom stereocenters. The quantitative estimate of drug-likeness (QED) is 0.510. The fourth-order valence-corrected chi connectivity index (χ4v) is 3.20. The first kappa shape index (κ1) is 11.1. The fraction of sp³-hybridized carbons (Fsp3) is 0.222. The highest BCUT2D eigenvalue weighted by Gasteiger charge is 2.35. The summed E-state index contributed by atoms with van der Waals surface area (Å²) in [5, 5.41) is 0.820. The van der Waals surface area contributed by atoms with Gasteiger partial charge in [0.2, 0.25) is 5.71 Å². The van der Waals surface area contributed by atoms with Gasteiger partial charge in [0.05, 0.1) is 11.1 Å². The van der Waals surface area contributed by atoms with Crippen LogP contribution in [0.1, 0.15) is 21.1 Å². The molecule has 4 nitrogen and oxygen atoms in total. The molecule has 3 aromatic rings. The van der Waals surface area contributed by atoms with Gasteiger partial charge in [-0.05, 0) is 44.6 Å². The van der Waals surface area contributed by atoms with Gasteiger partial charge in [-0.1, -0.05) is 5.98 Å². The summed E-state index contributed by atoms with van der Waals surface area (Å²) in [7, 11) is 4.05. The topological polar surface area (TPSA) is 33.1 Å². The molecule has 0 fully saturated rings. The highest BCUT2D eigenvalue weighted by atomic mass is 16.3. The van der Waals surface area contributed by atoms with Crippen LogP contribution in [0.5, 0.6) is 0 Å². The fourth-order valence-electron chi connectivity index (χ4n) is 3.20. The summed E-state index contributed by atoms with van der Waals surface area (Å²) in [6.45, 7) is -0.119. The van der Waals surface area contributed by atoms with E-state index in [1.165, 1.54) is 5.56 Å². The molecule has 0 N–H and O–H groups in total. The minimum absolute atomic E-state index is 0.0457. The molecule has 3 aromatic heterocycles. The molecule has 114 valence electrons. The molecule has 0 unspecified atom stereocenters. The average molecular weight is 307 g/mol. The summed E-state index contributed by atoms with van der Waals surface area (Å²) in [6.07, 6.45) is 4.00. The highest BCUT2D eigenvalue weighted by Crippen LogP contribution is 2.36. The Morgan fingerprint density at radius 2 is 2.22 bits per heavy atom. The molecule has 0 radical (unpaired) electrons. The zero-order valence-corrected chi connectivity index (χ0v) is 13.4. The predicted octanol–water partition coefficient (Wildman–Crippen LogP) is 2.17. The van der Waals surface area contributed by atoms with E-state index in [1.807, 2.05) is 20.2 Å². The van der Waals surface area contributed by atoms with Gasteiger partial charge in [-0.3, -0.25) is 0 Å². The van der Waals surface area contributed by atoms with Gasteiger partial charge < -0.3 is 9.23 Å². The van der Waals surface area contributed by atoms with E-state index in [0.717, 1.165) is 16.7 Å². The zero-order chi connectivity index (χ0) is 18.6. The van der Waals surface area contributed by atoms with E-state index >= 15 is 0 Å². The molecule has 1 aliphatic heterocycles. The van der Waals surface area contributed by atoms with Crippen molar-refractivity contribution >= 4 is 35.3 Å². The third-order valence-electron chi connectivity index (χ3n) is 4.40. The highest BCUT2D eigenvalue weighted by molar-refractivity contribution is 6.81. The van der Waals surface area contributed by atoms with Crippen molar-refractivity contribution in [2.45, 2.75) is 13.8 Å². The maximum Gasteiger partial charge on any atom is 0.396 e. The number of rotatable bonds is 1. The van der Waals surface area contributed by atoms with Crippen LogP contribution in [0, 0.1) is 13.8 Å². The van der Waals surface area contributed by atoms with E-state index in [4.69, 9.17) is 8.53 Å². The van der Waals surface area contributed by atoms with Crippen molar-refractivity contribution in [1.82, 2.24) is 4.98 Å². The number of aromatic nitrogens is 2. The van der Waals surface area contributed by atoms with Crippen molar-refractivity contribution in [3.63, 3.8) is 0 Å². The van der Waals surface area contributed by atoms with Crippen molar-refractivity contribution < 1.29 is 13.1 Å². The Kier molecular flexibility index (Phi) is 2.39. The van der Waals surface area contributed by atoms with Crippen molar-refractivity contribution in [2.75, 3.05) is 11.9 Å². The van der Waals surface area contributed by atoms with E-state index in [0.29, 0.717) is 11.5 Å². The first-order chi connectivity index (χ1) is 12.3. The molecular weight excluding hydrogens is 285 g/mol. The van der Waals surface area contributed by atoms with Gasteiger partial charge in [-0.2, -0.15) is 0 Å². The van der Waals surface area contributed by atoms with E-state index in [9.17, 15) is 0 Å². The van der Waals surface area contributed by atoms with Crippen LogP contribution in [0.2, 0.25) is 0 Å². The van der Waals surface area contributed by atoms with Gasteiger partial charge >= 0.3 is 6.85 Å². The smallest absolute Gasteiger partial charge is 0.396 e. The molecule has 0 aromatic carbocycles. The molecular formula is C18H19BN3O+. The summed E-state index contributed by atoms with van der Waals surface area (Å²) in [4.78, 5) is 6.37. The van der Waals surface area contributed by atoms with E-state index in [1.54, 1.807) is 12.1 Å². The van der Waals surface area contributed by atoms with Crippen molar-refractivity contribution in [3.8, 4) is 0 Å². The maximum absolute atomic E-state index is 7.54. The summed E-state index contributed by atoms with van der Waals surface area (Å²) < 4.78 is 30.6. The maximum atomic E-state index is 7.54. The standard InChI is InChI=1S/C18H19BN3O/c1-12-8-10-21(3)16(11-12)19-9-7-15-17(22(19)4)14-6-5-13(2)20-18(14)23-15/h5-11H,1-4H3/q+1/i2D3. The molecule has 1 aliphatic rings. The second-order valence-corrected chi connectivity index (χ2v) is 6.02. The van der Waals surface area contributed by atoms with Gasteiger partial charge in [-0.25, -0.2) is 9.55 Å². The normalized spacial score (nSPS) is 16.2. The summed E-state index contributed by atoms with van der Waals surface area (Å²) >= 11 is 0. The number of aryl methyl sites for hydroxylation is 3. The lowest BCUT2D eigenvalue weighted by atomic mass is 9.55. The lowest BCUT2D eigenvalue weighted by Gasteiger charge is -2.26. The molecule has 0 aliphatic carbocycles. The van der Waals surface area contributed by atoms with Crippen molar-refractivity contribution in [1.29, 1.82) is 0 Å². The molecule has 0 bridgehead atoms. The van der Waals surface area contributed by atoms with Crippen molar-refractivity contribution in [3.05, 3.63) is 53.5 Å². The van der Waals surface area contributed by atoms with Crippen LogP contribution in [-0.4, -0.2) is 18.9 Å². The number of fused-ring (bicyclic) bond motifs is 3. The number of pyridine rings is 2. The van der Waals surface area contributed by atoms with Gasteiger partial charge in [0.15, 0.2) is 17.6 Å². The van der Waals surface area contributed by atoms with Crippen LogP contribution in [0.15, 0.2) is 40.9 Å². The number of hydrogen-bond donors (Lipinski definition) is 0. The van der Waals surface area contributed by atoms with Crippen LogP contribution < -0.4 is 15.0 Å². The van der Waals surface area contributed by atoms with Gasteiger partial charge in [0, 0.05) is 21.9 Å². The molecule has 0 amide bonds. The summed E-state index contributed by atoms with van der Waals surface area (Å²) in [6, 6.07) is 7.59. The molecule has 23 heavy (non-hydrogen) atoms. The summed E-state index contributed by atoms with van der Waals surface area (Å²) in [5.74, 6) is 2.79. The number of nitrogens with zero attached hydrogens (tertiary/aromatic N) is 3. The van der Waals surface area contributed by atoms with E-state index in [-0.39, 0.29) is 12.5 Å². The average Bonchev–Trinajstić information content (AvgIpc) is 2.95. The monoisotopic (exact) mass is 307 g/mol. The second kappa shape index (κ2) is 4.98. The van der Waals surface area contributed by atoms with Gasteiger partial charge in [0.1, 0.15) is 7.05 Å². The molecule has 0 saturated carbocycles. The molecule has 5 heteroatoms. The Morgan fingerprint density at radius 3 is 3.04 bits per heavy atom. The van der Waals surface area contributed by atoms with Gasteiger partial charge in [0.25, 0.3) is 0 Å². The molecule has 4 rings (SSSR count). The number of anilines is 1. The van der Waals surface area contributed by atoms with Crippen LogP contribution in [0.3, 0.4) is 0 Å². The minimum Gasteiger partial charge on any atom is -0.436 e. The lowest BCUT2D eigenvalue weighted by molar-refractivity contribution is -0.654. The Morgan fingerprint density at radius 1 is 1.35 bits per heavy atom. The van der Waals surface area contributed by atoms with Crippen LogP contribution in [0.25, 0.3) is 17.2 Å². The zero-order valence-electron chi connectivity index (χ0n) is 16.4. The number of hydrogen-bond acceptors (Lipinski definition) is 3. The predicted molar refractivity (Wildman–Crippen MR) is 93.9 cm³/mol. The van der Waals surface area contributed by atoms with Crippen LogP contribution in [0.4, 0.5) is 5.69 Å². The Hall–Kier alpha value is -2.56. The Balaban J connectivity index is 1.83. The van der Waals surface area contributed by atoms with E-state index < -0.39 is 6.85 Å². The largest absolute Gasteiger partial charge is 0.436 e. The molecule has 4 heterocycles. The third-order valence-corrected chi connectivity index (χ3v) is 4.40. The van der Waals surface area contributed by atoms with Crippen molar-refractivity contribution in [2.24, 2.45) is 7.05 Å². The summed E-state index contributed by atoms with van der Waals surface area (Å²) in [5.41, 5.74) is 3.69. The first-order valence-corrected chi connectivity index (χ1v) is 7.57. The van der Waals surface area contributed by atoms with Gasteiger partial charge in [-0.15, -0.1) is 0 Å². The Labute approximate surface area is 140 Å². The second-order valence-electron chi connectivity index (χ2n) is 6.02. The first-order valence-electron chi connectivity index (χ1n) is 9.07. The van der Waals surface area contributed by atoms with Crippen LogP contribution >= 0.6 is 0 Å².